The number of aliphatic hydroxyl groups is 1. The van der Waals surface area contributed by atoms with Crippen molar-refractivity contribution in [3.8, 4) is 0 Å². The Morgan fingerprint density at radius 2 is 2.33 bits per heavy atom. The standard InChI is InChI=1S/C4H5O4P/c1-3(2-5)4(6)8-9-7/h2,5H,1H3. The predicted octanol–water partition coefficient (Wildman–Crippen LogP) is 1.20. The molecule has 0 heterocycles. The monoisotopic (exact) mass is 148 g/mol. The molecular formula is C4H5O4P. The summed E-state index contributed by atoms with van der Waals surface area (Å²) in [6.45, 7) is 1.34. The lowest BCUT2D eigenvalue weighted by atomic mass is 10.4. The molecule has 0 atom stereocenters. The molecule has 0 aliphatic heterocycles. The summed E-state index contributed by atoms with van der Waals surface area (Å²) in [5.41, 5.74) is 0.0124. The Labute approximate surface area is 53.4 Å². The van der Waals surface area contributed by atoms with Crippen molar-refractivity contribution < 1.29 is 19.0 Å². The SMILES string of the molecule is CC(=CO)C(=O)OP=O. The molecule has 0 bridgehead atoms. The van der Waals surface area contributed by atoms with Gasteiger partial charge in [-0.2, -0.15) is 0 Å². The lowest BCUT2D eigenvalue weighted by Crippen LogP contribution is -1.97. The van der Waals surface area contributed by atoms with Crippen LogP contribution in [0.25, 0.3) is 0 Å². The van der Waals surface area contributed by atoms with E-state index in [4.69, 9.17) is 5.11 Å². The molecule has 0 amide bonds. The zero-order chi connectivity index (χ0) is 7.28. The van der Waals surface area contributed by atoms with Gasteiger partial charge in [-0.3, -0.25) is 0 Å². The van der Waals surface area contributed by atoms with Gasteiger partial charge in [0, 0.05) is 0 Å². The molecule has 0 aliphatic rings. The quantitative estimate of drug-likeness (QED) is 0.363. The van der Waals surface area contributed by atoms with Crippen molar-refractivity contribution in [2.75, 3.05) is 0 Å². The first-order chi connectivity index (χ1) is 4.22. The van der Waals surface area contributed by atoms with Crippen LogP contribution < -0.4 is 0 Å². The summed E-state index contributed by atoms with van der Waals surface area (Å²) < 4.78 is 13.5. The van der Waals surface area contributed by atoms with E-state index in [0.29, 0.717) is 6.26 Å². The van der Waals surface area contributed by atoms with Crippen LogP contribution >= 0.6 is 8.69 Å². The Bertz CT molecular complexity index is 151. The van der Waals surface area contributed by atoms with Crippen molar-refractivity contribution in [2.24, 2.45) is 0 Å². The van der Waals surface area contributed by atoms with E-state index in [0.717, 1.165) is 0 Å². The summed E-state index contributed by atoms with van der Waals surface area (Å²) in [6, 6.07) is 0. The fourth-order valence-electron chi connectivity index (χ4n) is 0.159. The van der Waals surface area contributed by atoms with E-state index in [2.05, 4.69) is 4.52 Å². The highest BCUT2D eigenvalue weighted by Crippen LogP contribution is 2.01. The Kier molecular flexibility index (Phi) is 3.64. The Morgan fingerprint density at radius 3 is 2.67 bits per heavy atom. The molecule has 4 nitrogen and oxygen atoms in total. The van der Waals surface area contributed by atoms with E-state index in [1.165, 1.54) is 6.92 Å². The van der Waals surface area contributed by atoms with Gasteiger partial charge in [-0.1, -0.05) is 0 Å². The first kappa shape index (κ1) is 8.11. The van der Waals surface area contributed by atoms with Crippen molar-refractivity contribution in [1.29, 1.82) is 0 Å². The summed E-state index contributed by atoms with van der Waals surface area (Å²) >= 11 is 0. The third-order valence-electron chi connectivity index (χ3n) is 0.636. The van der Waals surface area contributed by atoms with Crippen LogP contribution in [0.15, 0.2) is 11.8 Å². The molecule has 0 fully saturated rings. The van der Waals surface area contributed by atoms with Gasteiger partial charge in [0.05, 0.1) is 11.8 Å². The maximum atomic E-state index is 10.3. The van der Waals surface area contributed by atoms with Crippen LogP contribution in [0, 0.1) is 0 Å². The Morgan fingerprint density at radius 1 is 1.78 bits per heavy atom. The lowest BCUT2D eigenvalue weighted by molar-refractivity contribution is -0.129. The second-order valence-corrected chi connectivity index (χ2v) is 1.60. The summed E-state index contributed by atoms with van der Waals surface area (Å²) in [5.74, 6) is -0.797. The molecular weight excluding hydrogens is 143 g/mol. The number of rotatable bonds is 2. The van der Waals surface area contributed by atoms with Gasteiger partial charge < -0.3 is 9.63 Å². The van der Waals surface area contributed by atoms with Gasteiger partial charge >= 0.3 is 14.7 Å². The topological polar surface area (TPSA) is 63.6 Å². The maximum absolute atomic E-state index is 10.3. The van der Waals surface area contributed by atoms with Crippen LogP contribution in [0.3, 0.4) is 0 Å². The summed E-state index contributed by atoms with van der Waals surface area (Å²) in [5, 5.41) is 8.16. The Balaban J connectivity index is 3.88. The highest BCUT2D eigenvalue weighted by molar-refractivity contribution is 7.18. The summed E-state index contributed by atoms with van der Waals surface area (Å²) in [7, 11) is -0.708. The van der Waals surface area contributed by atoms with Crippen LogP contribution in [0.5, 0.6) is 0 Å². The summed E-state index contributed by atoms with van der Waals surface area (Å²) in [4.78, 5) is 10.3. The molecule has 5 heteroatoms. The van der Waals surface area contributed by atoms with Crippen molar-refractivity contribution >= 4 is 14.7 Å². The molecule has 0 rings (SSSR count). The Hall–Kier alpha value is -0.890. The van der Waals surface area contributed by atoms with Crippen LogP contribution in [0.1, 0.15) is 6.92 Å². The van der Waals surface area contributed by atoms with Gasteiger partial charge in [-0.25, -0.2) is 9.36 Å². The first-order valence-corrected chi connectivity index (χ1v) is 2.80. The zero-order valence-electron chi connectivity index (χ0n) is 4.70. The minimum atomic E-state index is -0.797. The highest BCUT2D eigenvalue weighted by Gasteiger charge is 2.03. The van der Waals surface area contributed by atoms with Crippen molar-refractivity contribution in [3.05, 3.63) is 11.8 Å². The number of aliphatic hydroxyl groups excluding tert-OH is 1. The average Bonchev–Trinajstić information content (AvgIpc) is 1.87. The van der Waals surface area contributed by atoms with E-state index in [1.54, 1.807) is 0 Å². The molecule has 0 aliphatic carbocycles. The fourth-order valence-corrected chi connectivity index (χ4v) is 0.370. The van der Waals surface area contributed by atoms with Crippen LogP contribution in [-0.4, -0.2) is 11.1 Å². The van der Waals surface area contributed by atoms with Crippen molar-refractivity contribution in [2.45, 2.75) is 6.92 Å². The van der Waals surface area contributed by atoms with E-state index in [-0.39, 0.29) is 5.57 Å². The van der Waals surface area contributed by atoms with Gasteiger partial charge in [0.1, 0.15) is 0 Å². The maximum Gasteiger partial charge on any atom is 0.398 e. The van der Waals surface area contributed by atoms with Crippen LogP contribution in [0.4, 0.5) is 0 Å². The predicted molar refractivity (Wildman–Crippen MR) is 30.1 cm³/mol. The second kappa shape index (κ2) is 4.04. The van der Waals surface area contributed by atoms with Gasteiger partial charge in [0.2, 0.25) is 0 Å². The molecule has 0 aromatic carbocycles. The largest absolute Gasteiger partial charge is 0.515 e. The van der Waals surface area contributed by atoms with Gasteiger partial charge in [0.25, 0.3) is 0 Å². The van der Waals surface area contributed by atoms with E-state index in [1.807, 2.05) is 0 Å². The molecule has 0 spiro atoms. The molecule has 0 radical (unpaired) electrons. The molecule has 1 N–H and O–H groups in total. The molecule has 50 valence electrons. The molecule has 0 aromatic rings. The lowest BCUT2D eigenvalue weighted by Gasteiger charge is -1.90. The number of hydrogen-bond donors (Lipinski definition) is 1. The van der Waals surface area contributed by atoms with E-state index >= 15 is 0 Å². The van der Waals surface area contributed by atoms with Crippen LogP contribution in [0.2, 0.25) is 0 Å². The van der Waals surface area contributed by atoms with Crippen molar-refractivity contribution in [3.63, 3.8) is 0 Å². The van der Waals surface area contributed by atoms with Gasteiger partial charge in [0.15, 0.2) is 0 Å². The van der Waals surface area contributed by atoms with E-state index < -0.39 is 14.7 Å². The fraction of sp³-hybridized carbons (Fsp3) is 0.250. The van der Waals surface area contributed by atoms with Gasteiger partial charge in [-0.05, 0) is 6.92 Å². The number of carbonyl (C=O) groups excluding carboxylic acids is 1. The minimum Gasteiger partial charge on any atom is -0.515 e. The molecule has 0 unspecified atom stereocenters. The van der Waals surface area contributed by atoms with Crippen LogP contribution in [-0.2, 0) is 13.9 Å². The minimum absolute atomic E-state index is 0.0124. The second-order valence-electron chi connectivity index (χ2n) is 1.27. The number of carbonyl (C=O) groups is 1. The third-order valence-corrected chi connectivity index (χ3v) is 0.876. The third kappa shape index (κ3) is 2.82. The highest BCUT2D eigenvalue weighted by atomic mass is 31.1. The zero-order valence-corrected chi connectivity index (χ0v) is 5.59. The van der Waals surface area contributed by atoms with E-state index in [9.17, 15) is 9.36 Å². The van der Waals surface area contributed by atoms with Crippen molar-refractivity contribution in [1.82, 2.24) is 0 Å². The average molecular weight is 148 g/mol. The summed E-state index contributed by atoms with van der Waals surface area (Å²) in [6.07, 6.45) is 0.591. The van der Waals surface area contributed by atoms with Gasteiger partial charge in [-0.15, -0.1) is 0 Å². The number of hydrogen-bond acceptors (Lipinski definition) is 4. The molecule has 0 saturated carbocycles. The smallest absolute Gasteiger partial charge is 0.398 e. The first-order valence-electron chi connectivity index (χ1n) is 2.07. The molecule has 0 aromatic heterocycles. The molecule has 9 heavy (non-hydrogen) atoms. The molecule has 0 saturated heterocycles. The normalized spacial score (nSPS) is 11.4.